The van der Waals surface area contributed by atoms with E-state index in [9.17, 15) is 9.90 Å². The maximum Gasteiger partial charge on any atom is 0.407 e. The molecule has 0 radical (unpaired) electrons. The summed E-state index contributed by atoms with van der Waals surface area (Å²) in [4.78, 5) is 13.6. The SMILES string of the molecule is CN1CC(C(CO)NC(=O)OC(C)(C)C)C1. The molecular formula is C11H22N2O3. The Hall–Kier alpha value is -0.810. The van der Waals surface area contributed by atoms with Crippen LogP contribution in [0.2, 0.25) is 0 Å². The van der Waals surface area contributed by atoms with Crippen LogP contribution in [0.15, 0.2) is 0 Å². The van der Waals surface area contributed by atoms with Crippen LogP contribution >= 0.6 is 0 Å². The van der Waals surface area contributed by atoms with Gasteiger partial charge < -0.3 is 20.1 Å². The highest BCUT2D eigenvalue weighted by atomic mass is 16.6. The summed E-state index contributed by atoms with van der Waals surface area (Å²) in [5.41, 5.74) is -0.500. The minimum atomic E-state index is -0.500. The molecule has 0 aromatic heterocycles. The lowest BCUT2D eigenvalue weighted by Crippen LogP contribution is -2.57. The Balaban J connectivity index is 2.36. The number of nitrogens with zero attached hydrogens (tertiary/aromatic N) is 1. The molecular weight excluding hydrogens is 208 g/mol. The number of likely N-dealkylation sites (tertiary alicyclic amines) is 1. The molecule has 5 nitrogen and oxygen atoms in total. The summed E-state index contributed by atoms with van der Waals surface area (Å²) in [5.74, 6) is 0.322. The second-order valence-corrected chi connectivity index (χ2v) is 5.42. The molecule has 0 bridgehead atoms. The van der Waals surface area contributed by atoms with Crippen LogP contribution in [0.1, 0.15) is 20.8 Å². The van der Waals surface area contributed by atoms with Crippen molar-refractivity contribution in [3.8, 4) is 0 Å². The predicted molar refractivity (Wildman–Crippen MR) is 61.2 cm³/mol. The highest BCUT2D eigenvalue weighted by molar-refractivity contribution is 5.68. The van der Waals surface area contributed by atoms with Crippen molar-refractivity contribution in [2.24, 2.45) is 5.92 Å². The Bertz CT molecular complexity index is 244. The van der Waals surface area contributed by atoms with Gasteiger partial charge in [-0.05, 0) is 27.8 Å². The zero-order valence-electron chi connectivity index (χ0n) is 10.5. The van der Waals surface area contributed by atoms with E-state index in [1.54, 1.807) is 0 Å². The first kappa shape index (κ1) is 13.3. The lowest BCUT2D eigenvalue weighted by molar-refractivity contribution is 0.0322. The van der Waals surface area contributed by atoms with Crippen LogP contribution in [-0.4, -0.2) is 54.5 Å². The third-order valence-corrected chi connectivity index (χ3v) is 2.56. The molecule has 2 N–H and O–H groups in total. The Kier molecular flexibility index (Phi) is 4.15. The maximum absolute atomic E-state index is 11.5. The van der Waals surface area contributed by atoms with Crippen LogP contribution in [0.4, 0.5) is 4.79 Å². The van der Waals surface area contributed by atoms with Gasteiger partial charge in [0, 0.05) is 19.0 Å². The first-order chi connectivity index (χ1) is 7.31. The molecule has 1 aliphatic rings. The van der Waals surface area contributed by atoms with Gasteiger partial charge in [-0.2, -0.15) is 0 Å². The first-order valence-electron chi connectivity index (χ1n) is 5.61. The molecule has 0 aromatic rings. The van der Waals surface area contributed by atoms with Gasteiger partial charge in [0.2, 0.25) is 0 Å². The number of aliphatic hydroxyl groups excluding tert-OH is 1. The second-order valence-electron chi connectivity index (χ2n) is 5.42. The van der Waals surface area contributed by atoms with Gasteiger partial charge in [0.25, 0.3) is 0 Å². The fourth-order valence-electron chi connectivity index (χ4n) is 1.77. The zero-order valence-corrected chi connectivity index (χ0v) is 10.5. The number of alkyl carbamates (subject to hydrolysis) is 1. The van der Waals surface area contributed by atoms with Crippen LogP contribution in [0.25, 0.3) is 0 Å². The van der Waals surface area contributed by atoms with E-state index in [4.69, 9.17) is 4.74 Å². The molecule has 1 fully saturated rings. The molecule has 1 unspecified atom stereocenters. The molecule has 0 spiro atoms. The van der Waals surface area contributed by atoms with Crippen molar-refractivity contribution in [2.45, 2.75) is 32.4 Å². The van der Waals surface area contributed by atoms with E-state index >= 15 is 0 Å². The minimum absolute atomic E-state index is 0.0439. The van der Waals surface area contributed by atoms with Gasteiger partial charge >= 0.3 is 6.09 Å². The number of amides is 1. The number of hydrogen-bond donors (Lipinski definition) is 2. The third kappa shape index (κ3) is 3.98. The van der Waals surface area contributed by atoms with Gasteiger partial charge in [-0.1, -0.05) is 0 Å². The van der Waals surface area contributed by atoms with Crippen molar-refractivity contribution in [3.63, 3.8) is 0 Å². The molecule has 1 atom stereocenters. The van der Waals surface area contributed by atoms with Crippen molar-refractivity contribution in [1.29, 1.82) is 0 Å². The van der Waals surface area contributed by atoms with Crippen LogP contribution in [-0.2, 0) is 4.74 Å². The van der Waals surface area contributed by atoms with Crippen molar-refractivity contribution >= 4 is 6.09 Å². The zero-order chi connectivity index (χ0) is 12.3. The van der Waals surface area contributed by atoms with Gasteiger partial charge in [0.05, 0.1) is 12.6 Å². The standard InChI is InChI=1S/C11H22N2O3/c1-11(2,3)16-10(15)12-9(7-14)8-5-13(4)6-8/h8-9,14H,5-7H2,1-4H3,(H,12,15). The highest BCUT2D eigenvalue weighted by Crippen LogP contribution is 2.17. The number of carbonyl (C=O) groups excluding carboxylic acids is 1. The number of carbonyl (C=O) groups is 1. The summed E-state index contributed by atoms with van der Waals surface area (Å²) in [6, 6.07) is -0.203. The summed E-state index contributed by atoms with van der Waals surface area (Å²) in [5, 5.41) is 11.9. The molecule has 1 saturated heterocycles. The van der Waals surface area contributed by atoms with E-state index in [0.717, 1.165) is 13.1 Å². The lowest BCUT2D eigenvalue weighted by Gasteiger charge is -2.40. The Morgan fingerprint density at radius 1 is 1.56 bits per heavy atom. The van der Waals surface area contributed by atoms with Gasteiger partial charge in [-0.25, -0.2) is 4.79 Å². The average molecular weight is 230 g/mol. The topological polar surface area (TPSA) is 61.8 Å². The lowest BCUT2D eigenvalue weighted by atomic mass is 9.93. The molecule has 0 aromatic carbocycles. The summed E-state index contributed by atoms with van der Waals surface area (Å²) < 4.78 is 5.14. The van der Waals surface area contributed by atoms with E-state index in [-0.39, 0.29) is 12.6 Å². The van der Waals surface area contributed by atoms with E-state index < -0.39 is 11.7 Å². The van der Waals surface area contributed by atoms with E-state index in [2.05, 4.69) is 10.2 Å². The largest absolute Gasteiger partial charge is 0.444 e. The van der Waals surface area contributed by atoms with E-state index in [0.29, 0.717) is 5.92 Å². The average Bonchev–Trinajstić information content (AvgIpc) is 2.06. The van der Waals surface area contributed by atoms with Crippen LogP contribution in [0, 0.1) is 5.92 Å². The molecule has 0 aliphatic carbocycles. The molecule has 16 heavy (non-hydrogen) atoms. The Labute approximate surface area is 96.8 Å². The molecule has 1 rings (SSSR count). The summed E-state index contributed by atoms with van der Waals surface area (Å²) in [6.45, 7) is 7.22. The van der Waals surface area contributed by atoms with Gasteiger partial charge in [0.1, 0.15) is 5.60 Å². The fourth-order valence-corrected chi connectivity index (χ4v) is 1.77. The second kappa shape index (κ2) is 5.01. The van der Waals surface area contributed by atoms with Crippen LogP contribution in [0.5, 0.6) is 0 Å². The van der Waals surface area contributed by atoms with Gasteiger partial charge in [-0.3, -0.25) is 0 Å². The normalized spacial score (nSPS) is 20.1. The van der Waals surface area contributed by atoms with Crippen molar-refractivity contribution in [2.75, 3.05) is 26.7 Å². The van der Waals surface area contributed by atoms with E-state index in [1.165, 1.54) is 0 Å². The van der Waals surface area contributed by atoms with Crippen molar-refractivity contribution in [1.82, 2.24) is 10.2 Å². The van der Waals surface area contributed by atoms with Crippen LogP contribution in [0.3, 0.4) is 0 Å². The van der Waals surface area contributed by atoms with Gasteiger partial charge in [-0.15, -0.1) is 0 Å². The minimum Gasteiger partial charge on any atom is -0.444 e. The Morgan fingerprint density at radius 3 is 2.50 bits per heavy atom. The summed E-state index contributed by atoms with van der Waals surface area (Å²) in [7, 11) is 2.01. The number of ether oxygens (including phenoxy) is 1. The number of hydrogen-bond acceptors (Lipinski definition) is 4. The number of rotatable bonds is 3. The third-order valence-electron chi connectivity index (χ3n) is 2.56. The molecule has 5 heteroatoms. The van der Waals surface area contributed by atoms with Crippen molar-refractivity contribution < 1.29 is 14.6 Å². The number of aliphatic hydroxyl groups is 1. The predicted octanol–water partition coefficient (Wildman–Crippen LogP) is 0.434. The summed E-state index contributed by atoms with van der Waals surface area (Å²) >= 11 is 0. The van der Waals surface area contributed by atoms with Gasteiger partial charge in [0.15, 0.2) is 0 Å². The van der Waals surface area contributed by atoms with Crippen molar-refractivity contribution in [3.05, 3.63) is 0 Å². The molecule has 1 amide bonds. The molecule has 0 saturated carbocycles. The monoisotopic (exact) mass is 230 g/mol. The quantitative estimate of drug-likeness (QED) is 0.738. The highest BCUT2D eigenvalue weighted by Gasteiger charge is 2.32. The molecule has 1 heterocycles. The fraction of sp³-hybridized carbons (Fsp3) is 0.909. The van der Waals surface area contributed by atoms with Crippen LogP contribution < -0.4 is 5.32 Å². The molecule has 94 valence electrons. The maximum atomic E-state index is 11.5. The molecule has 1 aliphatic heterocycles. The summed E-state index contributed by atoms with van der Waals surface area (Å²) in [6.07, 6.45) is -0.457. The first-order valence-corrected chi connectivity index (χ1v) is 5.61. The van der Waals surface area contributed by atoms with E-state index in [1.807, 2.05) is 27.8 Å². The Morgan fingerprint density at radius 2 is 2.12 bits per heavy atom. The number of nitrogens with one attached hydrogen (secondary N) is 1. The smallest absolute Gasteiger partial charge is 0.407 e.